The summed E-state index contributed by atoms with van der Waals surface area (Å²) in [5.41, 5.74) is 1.74. The highest BCUT2D eigenvalue weighted by Gasteiger charge is 2.49. The van der Waals surface area contributed by atoms with E-state index in [1.54, 1.807) is 0 Å². The molecule has 1 N–H and O–H groups in total. The number of hydrogen-bond donors (Lipinski definition) is 1. The molecule has 1 aliphatic heterocycles. The number of thiocarbonyl (C=S) groups is 1. The third-order valence-corrected chi connectivity index (χ3v) is 11.7. The van der Waals surface area contributed by atoms with Crippen LogP contribution < -0.4 is 5.32 Å². The quantitative estimate of drug-likeness (QED) is 0.300. The van der Waals surface area contributed by atoms with Crippen molar-refractivity contribution in [2.45, 2.75) is 64.9 Å². The number of pyridine rings is 1. The van der Waals surface area contributed by atoms with Crippen LogP contribution in [0.4, 0.5) is 0 Å². The van der Waals surface area contributed by atoms with Crippen molar-refractivity contribution < 1.29 is 9.22 Å². The minimum absolute atomic E-state index is 0.00632. The van der Waals surface area contributed by atoms with Gasteiger partial charge in [-0.2, -0.15) is 0 Å². The molecule has 1 amide bonds. The molecule has 4 nitrogen and oxygen atoms in total. The number of rotatable bonds is 6. The molecule has 1 aromatic heterocycles. The first-order chi connectivity index (χ1) is 13.4. The lowest BCUT2D eigenvalue weighted by Gasteiger charge is -2.47. The SMILES string of the molecule is C[C@@H](O[Si](C)(C)C(C)(C)C)[C@H]1C(=O)N[C@@H]1[C@@H](C)C(=S)c1ccc2ccccc2n1. The van der Waals surface area contributed by atoms with E-state index in [2.05, 4.69) is 52.2 Å². The van der Waals surface area contributed by atoms with E-state index < -0.39 is 8.32 Å². The average Bonchev–Trinajstić information content (AvgIpc) is 2.62. The summed E-state index contributed by atoms with van der Waals surface area (Å²) in [6.07, 6.45) is -0.135. The molecule has 0 saturated carbocycles. The van der Waals surface area contributed by atoms with E-state index >= 15 is 0 Å². The Morgan fingerprint density at radius 1 is 1.17 bits per heavy atom. The van der Waals surface area contributed by atoms with Gasteiger partial charge in [0.05, 0.1) is 29.3 Å². The van der Waals surface area contributed by atoms with E-state index in [4.69, 9.17) is 21.6 Å². The Morgan fingerprint density at radius 2 is 1.83 bits per heavy atom. The van der Waals surface area contributed by atoms with Gasteiger partial charge in [-0.05, 0) is 37.2 Å². The fourth-order valence-electron chi connectivity index (χ4n) is 3.67. The number of fused-ring (bicyclic) bond motifs is 1. The second kappa shape index (κ2) is 7.89. The van der Waals surface area contributed by atoms with Crippen molar-refractivity contribution in [3.8, 4) is 0 Å². The van der Waals surface area contributed by atoms with Gasteiger partial charge >= 0.3 is 0 Å². The van der Waals surface area contributed by atoms with Crippen molar-refractivity contribution >= 4 is 42.2 Å². The predicted octanol–water partition coefficient (Wildman–Crippen LogP) is 5.11. The number of hydrogen-bond acceptors (Lipinski definition) is 4. The molecule has 6 heteroatoms. The Hall–Kier alpha value is -1.63. The summed E-state index contributed by atoms with van der Waals surface area (Å²) in [5.74, 6) is -0.119. The lowest BCUT2D eigenvalue weighted by molar-refractivity contribution is -0.140. The first kappa shape index (κ1) is 22.1. The molecular formula is C23H32N2O2SSi. The standard InChI is InChI=1S/C23H32N2O2SSi/c1-14(21(28)18-13-12-16-10-8-9-11-17(16)24-18)20-19(22(26)25-20)15(2)27-29(6,7)23(3,4)5/h8-15,19-20H,1-7H3,(H,25,26)/t14-,15-,19-,20-/m1/s1. The lowest BCUT2D eigenvalue weighted by atomic mass is 9.77. The zero-order valence-electron chi connectivity index (χ0n) is 18.4. The summed E-state index contributed by atoms with van der Waals surface area (Å²) in [5, 5.41) is 4.27. The Bertz CT molecular complexity index is 938. The smallest absolute Gasteiger partial charge is 0.228 e. The van der Waals surface area contributed by atoms with Crippen LogP contribution in [0.3, 0.4) is 0 Å². The Morgan fingerprint density at radius 3 is 2.45 bits per heavy atom. The minimum atomic E-state index is -1.95. The van der Waals surface area contributed by atoms with Crippen molar-refractivity contribution in [3.05, 3.63) is 42.1 Å². The summed E-state index contributed by atoms with van der Waals surface area (Å²) in [6.45, 7) is 15.2. The van der Waals surface area contributed by atoms with Gasteiger partial charge in [0.15, 0.2) is 8.32 Å². The van der Waals surface area contributed by atoms with Crippen molar-refractivity contribution in [1.82, 2.24) is 10.3 Å². The molecule has 156 valence electrons. The number of nitrogens with zero attached hydrogens (tertiary/aromatic N) is 1. The Labute approximate surface area is 180 Å². The van der Waals surface area contributed by atoms with Gasteiger partial charge in [0.1, 0.15) is 0 Å². The highest BCUT2D eigenvalue weighted by Crippen LogP contribution is 2.39. The molecule has 1 aliphatic rings. The summed E-state index contributed by atoms with van der Waals surface area (Å²) in [7, 11) is -1.95. The molecule has 1 aromatic carbocycles. The zero-order valence-corrected chi connectivity index (χ0v) is 20.3. The van der Waals surface area contributed by atoms with Crippen LogP contribution in [0.2, 0.25) is 18.1 Å². The molecule has 3 rings (SSSR count). The number of nitrogens with one attached hydrogen (secondary N) is 1. The van der Waals surface area contributed by atoms with E-state index in [-0.39, 0.29) is 34.9 Å². The lowest BCUT2D eigenvalue weighted by Crippen LogP contribution is -2.66. The number of amides is 1. The third-order valence-electron chi connectivity index (χ3n) is 6.59. The van der Waals surface area contributed by atoms with Crippen LogP contribution in [0, 0.1) is 11.8 Å². The maximum absolute atomic E-state index is 12.4. The number of benzene rings is 1. The molecule has 1 saturated heterocycles. The molecule has 2 aromatic rings. The first-order valence-electron chi connectivity index (χ1n) is 10.3. The zero-order chi connectivity index (χ0) is 21.6. The molecule has 0 spiro atoms. The summed E-state index contributed by atoms with van der Waals surface area (Å²) in [6, 6.07) is 12.0. The largest absolute Gasteiger partial charge is 0.413 e. The van der Waals surface area contributed by atoms with Gasteiger partial charge in [0.2, 0.25) is 5.91 Å². The molecule has 2 heterocycles. The second-order valence-electron chi connectivity index (χ2n) is 9.69. The van der Waals surface area contributed by atoms with Gasteiger partial charge in [-0.3, -0.25) is 4.79 Å². The van der Waals surface area contributed by atoms with Crippen LogP contribution in [0.15, 0.2) is 36.4 Å². The molecule has 29 heavy (non-hydrogen) atoms. The van der Waals surface area contributed by atoms with Crippen LogP contribution in [0.1, 0.15) is 40.3 Å². The van der Waals surface area contributed by atoms with E-state index in [0.29, 0.717) is 0 Å². The number of para-hydroxylation sites is 1. The van der Waals surface area contributed by atoms with Gasteiger partial charge in [-0.25, -0.2) is 4.98 Å². The van der Waals surface area contributed by atoms with Crippen LogP contribution in [-0.4, -0.2) is 36.2 Å². The molecule has 0 bridgehead atoms. The van der Waals surface area contributed by atoms with Gasteiger partial charge in [-0.15, -0.1) is 0 Å². The number of carbonyl (C=O) groups excluding carboxylic acids is 1. The monoisotopic (exact) mass is 428 g/mol. The van der Waals surface area contributed by atoms with Gasteiger partial charge in [-0.1, -0.05) is 64.2 Å². The summed E-state index contributed by atoms with van der Waals surface area (Å²) >= 11 is 5.78. The first-order valence-corrected chi connectivity index (χ1v) is 13.6. The van der Waals surface area contributed by atoms with Crippen molar-refractivity contribution in [1.29, 1.82) is 0 Å². The van der Waals surface area contributed by atoms with Crippen molar-refractivity contribution in [2.75, 3.05) is 0 Å². The molecular weight excluding hydrogens is 396 g/mol. The molecule has 0 aliphatic carbocycles. The number of aromatic nitrogens is 1. The average molecular weight is 429 g/mol. The fourth-order valence-corrected chi connectivity index (χ4v) is 5.36. The van der Waals surface area contributed by atoms with Crippen LogP contribution in [0.5, 0.6) is 0 Å². The molecule has 0 radical (unpaired) electrons. The third kappa shape index (κ3) is 4.30. The maximum atomic E-state index is 12.4. The van der Waals surface area contributed by atoms with E-state index in [9.17, 15) is 4.79 Å². The number of β-lactam (4-membered cyclic amide) rings is 1. The summed E-state index contributed by atoms with van der Waals surface area (Å²) < 4.78 is 6.52. The van der Waals surface area contributed by atoms with Crippen LogP contribution in [0.25, 0.3) is 10.9 Å². The van der Waals surface area contributed by atoms with Gasteiger partial charge in [0, 0.05) is 16.2 Å². The summed E-state index contributed by atoms with van der Waals surface area (Å²) in [4.78, 5) is 17.9. The topological polar surface area (TPSA) is 51.2 Å². The minimum Gasteiger partial charge on any atom is -0.413 e. The van der Waals surface area contributed by atoms with Gasteiger partial charge in [0.25, 0.3) is 0 Å². The fraction of sp³-hybridized carbons (Fsp3) is 0.522. The van der Waals surface area contributed by atoms with Crippen LogP contribution >= 0.6 is 12.2 Å². The molecule has 4 atom stereocenters. The second-order valence-corrected chi connectivity index (χ2v) is 14.9. The molecule has 0 unspecified atom stereocenters. The van der Waals surface area contributed by atoms with E-state index in [0.717, 1.165) is 21.5 Å². The van der Waals surface area contributed by atoms with E-state index in [1.165, 1.54) is 0 Å². The highest BCUT2D eigenvalue weighted by molar-refractivity contribution is 7.80. The van der Waals surface area contributed by atoms with Crippen molar-refractivity contribution in [2.24, 2.45) is 11.8 Å². The van der Waals surface area contributed by atoms with E-state index in [1.807, 2.05) is 37.3 Å². The maximum Gasteiger partial charge on any atom is 0.228 e. The Balaban J connectivity index is 1.76. The predicted molar refractivity (Wildman–Crippen MR) is 126 cm³/mol. The normalized spacial score (nSPS) is 22.0. The van der Waals surface area contributed by atoms with Crippen LogP contribution in [-0.2, 0) is 9.22 Å². The highest BCUT2D eigenvalue weighted by atomic mass is 32.1. The Kier molecular flexibility index (Phi) is 6.00. The molecule has 1 fully saturated rings. The van der Waals surface area contributed by atoms with Crippen molar-refractivity contribution in [3.63, 3.8) is 0 Å². The van der Waals surface area contributed by atoms with Gasteiger partial charge < -0.3 is 9.74 Å². The number of carbonyl (C=O) groups is 1.